The molecule has 0 unspecified atom stereocenters. The summed E-state index contributed by atoms with van der Waals surface area (Å²) in [6.45, 7) is 4.59. The van der Waals surface area contributed by atoms with Gasteiger partial charge in [-0.1, -0.05) is 38.0 Å². The van der Waals surface area contributed by atoms with Crippen LogP contribution in [0.1, 0.15) is 49.0 Å². The fraction of sp³-hybridized carbons (Fsp3) is 0.300. The number of nitriles is 1. The Morgan fingerprint density at radius 1 is 1.03 bits per heavy atom. The number of hydrogen-bond acceptors (Lipinski definition) is 8. The van der Waals surface area contributed by atoms with Crippen molar-refractivity contribution in [3.63, 3.8) is 0 Å². The van der Waals surface area contributed by atoms with Crippen LogP contribution in [0.3, 0.4) is 0 Å². The maximum absolute atomic E-state index is 13.1. The van der Waals surface area contributed by atoms with Gasteiger partial charge in [0.25, 0.3) is 5.91 Å². The Hall–Kier alpha value is -4.29. The molecule has 8 nitrogen and oxygen atoms in total. The van der Waals surface area contributed by atoms with E-state index in [4.69, 9.17) is 18.9 Å². The summed E-state index contributed by atoms with van der Waals surface area (Å²) in [5.41, 5.74) is 2.05. The lowest BCUT2D eigenvalue weighted by molar-refractivity contribution is -0.112. The van der Waals surface area contributed by atoms with Gasteiger partial charge in [0.2, 0.25) is 0 Å². The van der Waals surface area contributed by atoms with Crippen molar-refractivity contribution in [1.82, 2.24) is 0 Å². The Labute approximate surface area is 232 Å². The van der Waals surface area contributed by atoms with Gasteiger partial charge >= 0.3 is 5.97 Å². The quantitative estimate of drug-likeness (QED) is 0.109. The average Bonchev–Trinajstić information content (AvgIpc) is 3.37. The molecule has 0 bridgehead atoms. The van der Waals surface area contributed by atoms with Crippen molar-refractivity contribution >= 4 is 34.3 Å². The number of ether oxygens (including phenoxy) is 4. The summed E-state index contributed by atoms with van der Waals surface area (Å²) in [5, 5.41) is 14.5. The molecule has 0 spiro atoms. The molecule has 3 rings (SSSR count). The Bertz CT molecular complexity index is 1350. The van der Waals surface area contributed by atoms with E-state index in [1.807, 2.05) is 18.2 Å². The molecule has 9 heteroatoms. The minimum absolute atomic E-state index is 0.136. The number of anilines is 1. The van der Waals surface area contributed by atoms with Gasteiger partial charge in [-0.05, 0) is 54.8 Å². The highest BCUT2D eigenvalue weighted by Crippen LogP contribution is 2.37. The van der Waals surface area contributed by atoms with Crippen LogP contribution >= 0.6 is 11.3 Å². The van der Waals surface area contributed by atoms with Gasteiger partial charge in [0.1, 0.15) is 28.0 Å². The molecule has 0 fully saturated rings. The van der Waals surface area contributed by atoms with E-state index in [0.717, 1.165) is 24.8 Å². The SMILES string of the molecule is CCCCCOc1ccc(/C=C(\C#N)C(=O)Nc2scc(-c3ccc(OC)cc3)c2C(=O)OCC)cc1OC. The smallest absolute Gasteiger partial charge is 0.341 e. The highest BCUT2D eigenvalue weighted by Gasteiger charge is 2.24. The predicted molar refractivity (Wildman–Crippen MR) is 152 cm³/mol. The average molecular weight is 549 g/mol. The minimum Gasteiger partial charge on any atom is -0.497 e. The molecule has 39 heavy (non-hydrogen) atoms. The molecule has 0 aliphatic rings. The number of rotatable bonds is 13. The van der Waals surface area contributed by atoms with Crippen molar-refractivity contribution in [3.8, 4) is 34.4 Å². The first-order valence-corrected chi connectivity index (χ1v) is 13.5. The number of thiophene rings is 1. The molecule has 3 aromatic rings. The zero-order valence-electron chi connectivity index (χ0n) is 22.5. The number of nitrogens with zero attached hydrogens (tertiary/aromatic N) is 1. The summed E-state index contributed by atoms with van der Waals surface area (Å²) >= 11 is 1.18. The van der Waals surface area contributed by atoms with E-state index in [2.05, 4.69) is 12.2 Å². The van der Waals surface area contributed by atoms with Gasteiger partial charge in [-0.3, -0.25) is 4.79 Å². The van der Waals surface area contributed by atoms with Crippen LogP contribution in [0.5, 0.6) is 17.2 Å². The fourth-order valence-electron chi connectivity index (χ4n) is 3.75. The fourth-order valence-corrected chi connectivity index (χ4v) is 4.70. The number of carbonyl (C=O) groups excluding carboxylic acids is 2. The number of nitrogens with one attached hydrogen (secondary N) is 1. The summed E-state index contributed by atoms with van der Waals surface area (Å²) < 4.78 is 21.7. The summed E-state index contributed by atoms with van der Waals surface area (Å²) in [6.07, 6.45) is 4.57. The van der Waals surface area contributed by atoms with Crippen molar-refractivity contribution in [1.29, 1.82) is 5.26 Å². The second-order valence-corrected chi connectivity index (χ2v) is 9.27. The molecular weight excluding hydrogens is 516 g/mol. The molecule has 1 N–H and O–H groups in total. The molecule has 0 radical (unpaired) electrons. The lowest BCUT2D eigenvalue weighted by Crippen LogP contribution is -2.16. The second kappa shape index (κ2) is 14.6. The topological polar surface area (TPSA) is 107 Å². The van der Waals surface area contributed by atoms with Gasteiger partial charge in [0.05, 0.1) is 27.4 Å². The molecule has 204 valence electrons. The molecular formula is C30H32N2O6S. The summed E-state index contributed by atoms with van der Waals surface area (Å²) in [7, 11) is 3.11. The summed E-state index contributed by atoms with van der Waals surface area (Å²) in [6, 6.07) is 14.4. The summed E-state index contributed by atoms with van der Waals surface area (Å²) in [4.78, 5) is 26.0. The van der Waals surface area contributed by atoms with E-state index >= 15 is 0 Å². The molecule has 2 aromatic carbocycles. The van der Waals surface area contributed by atoms with Crippen molar-refractivity contribution in [2.75, 3.05) is 32.8 Å². The number of unbranched alkanes of at least 4 members (excludes halogenated alkanes) is 2. The zero-order chi connectivity index (χ0) is 28.2. The third-order valence-corrected chi connectivity index (χ3v) is 6.66. The van der Waals surface area contributed by atoms with E-state index in [1.165, 1.54) is 24.5 Å². The lowest BCUT2D eigenvalue weighted by atomic mass is 10.0. The molecule has 1 heterocycles. The summed E-state index contributed by atoms with van der Waals surface area (Å²) in [5.74, 6) is 0.561. The van der Waals surface area contributed by atoms with Crippen molar-refractivity contribution < 1.29 is 28.5 Å². The maximum atomic E-state index is 13.1. The van der Waals surface area contributed by atoms with Crippen LogP contribution in [0, 0.1) is 11.3 Å². The Morgan fingerprint density at radius 2 is 1.79 bits per heavy atom. The van der Waals surface area contributed by atoms with Crippen molar-refractivity contribution in [3.05, 3.63) is 64.5 Å². The van der Waals surface area contributed by atoms with Crippen LogP contribution in [0.15, 0.2) is 53.4 Å². The van der Waals surface area contributed by atoms with Gasteiger partial charge in [0.15, 0.2) is 11.5 Å². The largest absolute Gasteiger partial charge is 0.497 e. The van der Waals surface area contributed by atoms with Crippen molar-refractivity contribution in [2.45, 2.75) is 33.1 Å². The van der Waals surface area contributed by atoms with Crippen LogP contribution in [-0.4, -0.2) is 39.3 Å². The minimum atomic E-state index is -0.648. The molecule has 0 aliphatic carbocycles. The Balaban J connectivity index is 1.86. The highest BCUT2D eigenvalue weighted by atomic mass is 32.1. The third kappa shape index (κ3) is 7.62. The molecule has 1 aromatic heterocycles. The van der Waals surface area contributed by atoms with Gasteiger partial charge in [-0.25, -0.2) is 4.79 Å². The maximum Gasteiger partial charge on any atom is 0.341 e. The van der Waals surface area contributed by atoms with E-state index in [-0.39, 0.29) is 17.7 Å². The lowest BCUT2D eigenvalue weighted by Gasteiger charge is -2.11. The standard InChI is InChI=1S/C30H32N2O6S/c1-5-7-8-15-38-25-14-9-20(17-26(25)36-4)16-22(18-31)28(33)32-29-27(30(34)37-6-2)24(19-39-29)21-10-12-23(35-3)13-11-21/h9-14,16-17,19H,5-8,15H2,1-4H3,(H,32,33)/b22-16+. The Kier molecular flexibility index (Phi) is 11.0. The molecule has 0 saturated heterocycles. The highest BCUT2D eigenvalue weighted by molar-refractivity contribution is 7.15. The Morgan fingerprint density at radius 3 is 2.44 bits per heavy atom. The molecule has 0 aliphatic heterocycles. The van der Waals surface area contributed by atoms with Crippen LogP contribution in [0.4, 0.5) is 5.00 Å². The molecule has 0 saturated carbocycles. The number of esters is 1. The van der Waals surface area contributed by atoms with E-state index in [1.54, 1.807) is 49.7 Å². The van der Waals surface area contributed by atoms with Crippen LogP contribution in [-0.2, 0) is 9.53 Å². The van der Waals surface area contributed by atoms with Crippen LogP contribution < -0.4 is 19.5 Å². The molecule has 1 amide bonds. The van der Waals surface area contributed by atoms with Crippen molar-refractivity contribution in [2.24, 2.45) is 0 Å². The van der Waals surface area contributed by atoms with Crippen LogP contribution in [0.25, 0.3) is 17.2 Å². The monoisotopic (exact) mass is 548 g/mol. The van der Waals surface area contributed by atoms with E-state index in [9.17, 15) is 14.9 Å². The van der Waals surface area contributed by atoms with Gasteiger partial charge in [-0.15, -0.1) is 11.3 Å². The zero-order valence-corrected chi connectivity index (χ0v) is 23.4. The first kappa shape index (κ1) is 29.3. The first-order valence-electron chi connectivity index (χ1n) is 12.6. The first-order chi connectivity index (χ1) is 18.9. The third-order valence-electron chi connectivity index (χ3n) is 5.77. The predicted octanol–water partition coefficient (Wildman–Crippen LogP) is 6.72. The number of carbonyl (C=O) groups is 2. The van der Waals surface area contributed by atoms with Gasteiger partial charge in [0, 0.05) is 10.9 Å². The van der Waals surface area contributed by atoms with Crippen LogP contribution in [0.2, 0.25) is 0 Å². The number of methoxy groups -OCH3 is 2. The van der Waals surface area contributed by atoms with Gasteiger partial charge in [-0.2, -0.15) is 5.26 Å². The number of benzene rings is 2. The van der Waals surface area contributed by atoms with Gasteiger partial charge < -0.3 is 24.3 Å². The normalized spacial score (nSPS) is 10.9. The number of amides is 1. The number of hydrogen-bond donors (Lipinski definition) is 1. The molecule has 0 atom stereocenters. The van der Waals surface area contributed by atoms with E-state index in [0.29, 0.717) is 40.0 Å². The second-order valence-electron chi connectivity index (χ2n) is 8.39. The van der Waals surface area contributed by atoms with E-state index < -0.39 is 11.9 Å².